The molecule has 0 heterocycles. The SMILES string of the molecule is CC(C)(C)c1cc(C(C)(C)C)c(Pc2ccccc2C#Cc2ccccc2)c(C(C)(C)C)c1. The van der Waals surface area contributed by atoms with E-state index < -0.39 is 0 Å². The first-order valence-corrected chi connectivity index (χ1v) is 12.9. The molecule has 3 rings (SSSR count). The monoisotopic (exact) mass is 454 g/mol. The van der Waals surface area contributed by atoms with Crippen molar-refractivity contribution in [3.8, 4) is 11.8 Å². The maximum atomic E-state index is 3.46. The Morgan fingerprint density at radius 3 is 1.61 bits per heavy atom. The average molecular weight is 455 g/mol. The van der Waals surface area contributed by atoms with Crippen molar-refractivity contribution in [1.82, 2.24) is 0 Å². The summed E-state index contributed by atoms with van der Waals surface area (Å²) in [4.78, 5) is 0. The summed E-state index contributed by atoms with van der Waals surface area (Å²) >= 11 is 0. The van der Waals surface area contributed by atoms with Crippen LogP contribution in [0.1, 0.15) is 90.1 Å². The van der Waals surface area contributed by atoms with Gasteiger partial charge in [-0.2, -0.15) is 0 Å². The van der Waals surface area contributed by atoms with Crippen LogP contribution in [0, 0.1) is 11.8 Å². The van der Waals surface area contributed by atoms with Gasteiger partial charge >= 0.3 is 0 Å². The second kappa shape index (κ2) is 9.49. The second-order valence-corrected chi connectivity index (χ2v) is 13.3. The zero-order valence-corrected chi connectivity index (χ0v) is 22.9. The standard InChI is InChI=1S/C32H39P/c1-30(2,3)25-21-26(31(4,5)6)29(27(22-25)32(7,8)9)33-28-18-14-13-17-24(28)20-19-23-15-11-10-12-16-23/h10-18,21-22,33H,1-9H3. The summed E-state index contributed by atoms with van der Waals surface area (Å²) in [6.45, 7) is 21.0. The van der Waals surface area contributed by atoms with Crippen LogP contribution < -0.4 is 10.6 Å². The normalized spacial score (nSPS) is 12.6. The minimum atomic E-state index is 0.0637. The smallest absolute Gasteiger partial charge is 0.0326 e. The fourth-order valence-electron chi connectivity index (χ4n) is 3.89. The van der Waals surface area contributed by atoms with Gasteiger partial charge in [0.05, 0.1) is 0 Å². The molecule has 0 aliphatic heterocycles. The molecule has 0 aliphatic rings. The molecule has 3 aromatic carbocycles. The lowest BCUT2D eigenvalue weighted by Crippen LogP contribution is -2.31. The molecular weight excluding hydrogens is 415 g/mol. The molecule has 0 radical (unpaired) electrons. The van der Waals surface area contributed by atoms with E-state index in [0.717, 1.165) is 11.1 Å². The van der Waals surface area contributed by atoms with E-state index in [1.165, 1.54) is 27.3 Å². The van der Waals surface area contributed by atoms with E-state index in [1.54, 1.807) is 0 Å². The largest absolute Gasteiger partial charge is 0.0622 e. The lowest BCUT2D eigenvalue weighted by Gasteiger charge is -2.33. The summed E-state index contributed by atoms with van der Waals surface area (Å²) in [5.74, 6) is 6.82. The van der Waals surface area contributed by atoms with Crippen molar-refractivity contribution in [2.24, 2.45) is 0 Å². The van der Waals surface area contributed by atoms with E-state index >= 15 is 0 Å². The fraction of sp³-hybridized carbons (Fsp3) is 0.375. The number of rotatable bonds is 2. The van der Waals surface area contributed by atoms with E-state index in [4.69, 9.17) is 0 Å². The van der Waals surface area contributed by atoms with Gasteiger partial charge in [0.25, 0.3) is 0 Å². The number of benzene rings is 3. The molecule has 0 saturated carbocycles. The van der Waals surface area contributed by atoms with Gasteiger partial charge in [0.1, 0.15) is 0 Å². The molecule has 0 saturated heterocycles. The van der Waals surface area contributed by atoms with Gasteiger partial charge in [0.15, 0.2) is 0 Å². The van der Waals surface area contributed by atoms with E-state index in [1.807, 2.05) is 18.2 Å². The summed E-state index contributed by atoms with van der Waals surface area (Å²) < 4.78 is 0. The Hall–Kier alpha value is -2.35. The van der Waals surface area contributed by atoms with Crippen LogP contribution in [0.5, 0.6) is 0 Å². The summed E-state index contributed by atoms with van der Waals surface area (Å²) in [6.07, 6.45) is 0. The maximum Gasteiger partial charge on any atom is 0.0326 e. The highest BCUT2D eigenvalue weighted by Crippen LogP contribution is 2.36. The minimum Gasteiger partial charge on any atom is -0.0622 e. The molecule has 1 unspecified atom stereocenters. The summed E-state index contributed by atoms with van der Waals surface area (Å²) in [5.41, 5.74) is 6.76. The molecule has 0 bridgehead atoms. The van der Waals surface area contributed by atoms with Crippen LogP contribution in [0.3, 0.4) is 0 Å². The first-order chi connectivity index (χ1) is 15.3. The molecule has 3 aromatic rings. The average Bonchev–Trinajstić information content (AvgIpc) is 2.71. The Kier molecular flexibility index (Phi) is 7.27. The number of hydrogen-bond donors (Lipinski definition) is 0. The van der Waals surface area contributed by atoms with Crippen LogP contribution in [-0.2, 0) is 16.2 Å². The van der Waals surface area contributed by atoms with Gasteiger partial charge in [-0.25, -0.2) is 0 Å². The van der Waals surface area contributed by atoms with Crippen LogP contribution in [0.15, 0.2) is 66.7 Å². The van der Waals surface area contributed by atoms with Crippen LogP contribution in [0.2, 0.25) is 0 Å². The van der Waals surface area contributed by atoms with Crippen molar-refractivity contribution in [3.63, 3.8) is 0 Å². The molecule has 0 N–H and O–H groups in total. The zero-order chi connectivity index (χ0) is 24.4. The van der Waals surface area contributed by atoms with Gasteiger partial charge in [-0.05, 0) is 61.7 Å². The molecule has 1 atom stereocenters. The Morgan fingerprint density at radius 1 is 0.576 bits per heavy atom. The van der Waals surface area contributed by atoms with Gasteiger partial charge in [-0.3, -0.25) is 0 Å². The first kappa shape index (κ1) is 25.3. The first-order valence-electron chi connectivity index (χ1n) is 11.9. The molecule has 0 fully saturated rings. The van der Waals surface area contributed by atoms with Crippen molar-refractivity contribution in [1.29, 1.82) is 0 Å². The fourth-order valence-corrected chi connectivity index (χ4v) is 5.78. The second-order valence-electron chi connectivity index (χ2n) is 12.0. The van der Waals surface area contributed by atoms with Crippen molar-refractivity contribution >= 4 is 19.2 Å². The van der Waals surface area contributed by atoms with Crippen LogP contribution >= 0.6 is 8.58 Å². The highest BCUT2D eigenvalue weighted by atomic mass is 31.1. The predicted molar refractivity (Wildman–Crippen MR) is 149 cm³/mol. The molecule has 0 nitrogen and oxygen atoms in total. The van der Waals surface area contributed by atoms with Crippen molar-refractivity contribution < 1.29 is 0 Å². The maximum absolute atomic E-state index is 3.46. The molecular formula is C32H39P. The highest BCUT2D eigenvalue weighted by molar-refractivity contribution is 7.56. The third-order valence-electron chi connectivity index (χ3n) is 5.92. The Balaban J connectivity index is 2.20. The molecule has 0 spiro atoms. The Labute approximate surface area is 204 Å². The van der Waals surface area contributed by atoms with Crippen molar-refractivity contribution in [2.45, 2.75) is 78.6 Å². The summed E-state index contributed by atoms with van der Waals surface area (Å²) in [6, 6.07) is 23.8. The van der Waals surface area contributed by atoms with Crippen molar-refractivity contribution in [3.05, 3.63) is 94.5 Å². The third kappa shape index (κ3) is 6.37. The van der Waals surface area contributed by atoms with Crippen LogP contribution in [0.4, 0.5) is 0 Å². The van der Waals surface area contributed by atoms with E-state index in [-0.39, 0.29) is 16.2 Å². The molecule has 0 aromatic heterocycles. The van der Waals surface area contributed by atoms with Gasteiger partial charge in [-0.15, -0.1) is 0 Å². The van der Waals surface area contributed by atoms with Crippen LogP contribution in [0.25, 0.3) is 0 Å². The molecule has 172 valence electrons. The third-order valence-corrected chi connectivity index (χ3v) is 7.42. The Bertz CT molecular complexity index is 1130. The molecule has 0 aliphatic carbocycles. The highest BCUT2D eigenvalue weighted by Gasteiger charge is 2.29. The van der Waals surface area contributed by atoms with Crippen molar-refractivity contribution in [2.75, 3.05) is 0 Å². The summed E-state index contributed by atoms with van der Waals surface area (Å²) in [5, 5.41) is 2.80. The minimum absolute atomic E-state index is 0.0637. The Morgan fingerprint density at radius 2 is 1.09 bits per heavy atom. The summed E-state index contributed by atoms with van der Waals surface area (Å²) in [7, 11) is 0.565. The van der Waals surface area contributed by atoms with Crippen LogP contribution in [-0.4, -0.2) is 0 Å². The molecule has 1 heteroatoms. The van der Waals surface area contributed by atoms with E-state index in [0.29, 0.717) is 8.58 Å². The lowest BCUT2D eigenvalue weighted by atomic mass is 9.75. The predicted octanol–water partition coefficient (Wildman–Crippen LogP) is 7.61. The van der Waals surface area contributed by atoms with Gasteiger partial charge in [0, 0.05) is 11.1 Å². The van der Waals surface area contributed by atoms with Gasteiger partial charge in [0.2, 0.25) is 0 Å². The van der Waals surface area contributed by atoms with Gasteiger partial charge < -0.3 is 0 Å². The van der Waals surface area contributed by atoms with Gasteiger partial charge in [-0.1, -0.05) is 131 Å². The van der Waals surface area contributed by atoms with E-state index in [2.05, 4.69) is 123 Å². The molecule has 33 heavy (non-hydrogen) atoms. The lowest BCUT2D eigenvalue weighted by molar-refractivity contribution is 0.554. The van der Waals surface area contributed by atoms with E-state index in [9.17, 15) is 0 Å². The quantitative estimate of drug-likeness (QED) is 0.276. The topological polar surface area (TPSA) is 0 Å². The zero-order valence-electron chi connectivity index (χ0n) is 21.9. The number of hydrogen-bond acceptors (Lipinski definition) is 0. The molecule has 0 amide bonds.